The molecule has 4 nitrogen and oxygen atoms in total. The molecule has 8 heteroatoms. The fourth-order valence-electron chi connectivity index (χ4n) is 3.05. The molecule has 25 heavy (non-hydrogen) atoms. The lowest BCUT2D eigenvalue weighted by Gasteiger charge is -2.26. The first kappa shape index (κ1) is 18.5. The molecule has 2 aromatic rings. The third-order valence-corrected chi connectivity index (χ3v) is 5.11. The zero-order chi connectivity index (χ0) is 18.0. The van der Waals surface area contributed by atoms with Crippen molar-refractivity contribution in [1.82, 2.24) is 4.98 Å². The van der Waals surface area contributed by atoms with Gasteiger partial charge in [0.25, 0.3) is 0 Å². The normalized spacial score (nSPS) is 18.4. The van der Waals surface area contributed by atoms with Gasteiger partial charge < -0.3 is 14.9 Å². The fourth-order valence-corrected chi connectivity index (χ4v) is 3.82. The molecule has 0 aliphatic carbocycles. The fraction of sp³-hybridized carbons (Fsp3) is 0.353. The Bertz CT molecular complexity index is 742. The Hall–Kier alpha value is -1.27. The van der Waals surface area contributed by atoms with Crippen molar-refractivity contribution in [2.24, 2.45) is 5.92 Å². The molecule has 134 valence electrons. The minimum Gasteiger partial charge on any atom is -0.396 e. The summed E-state index contributed by atoms with van der Waals surface area (Å²) in [4.78, 5) is 8.11. The van der Waals surface area contributed by atoms with E-state index in [1.807, 2.05) is 0 Å². The molecular formula is C17H17Cl3FN3O. The number of anilines is 2. The first-order valence-corrected chi connectivity index (χ1v) is 8.97. The SMILES string of the molecule is OCC1CN(c2ccc(F)c(Cl)c2)CCN(c2c(Cl)cncc2Cl)C1. The average Bonchev–Trinajstić information content (AvgIpc) is 2.80. The highest BCUT2D eigenvalue weighted by Gasteiger charge is 2.25. The van der Waals surface area contributed by atoms with Gasteiger partial charge in [-0.1, -0.05) is 34.8 Å². The van der Waals surface area contributed by atoms with E-state index in [0.29, 0.717) is 36.2 Å². The minimum atomic E-state index is -0.448. The van der Waals surface area contributed by atoms with Gasteiger partial charge in [0.05, 0.1) is 20.8 Å². The number of benzene rings is 1. The number of aliphatic hydroxyl groups is 1. The minimum absolute atomic E-state index is 0.0161. The Balaban J connectivity index is 1.87. The number of aromatic nitrogens is 1. The van der Waals surface area contributed by atoms with E-state index in [0.717, 1.165) is 11.4 Å². The number of hydrogen-bond acceptors (Lipinski definition) is 4. The van der Waals surface area contributed by atoms with Crippen LogP contribution in [0, 0.1) is 11.7 Å². The molecule has 0 saturated carbocycles. The molecule has 1 atom stereocenters. The third kappa shape index (κ3) is 4.11. The Morgan fingerprint density at radius 1 is 1.04 bits per heavy atom. The summed E-state index contributed by atoms with van der Waals surface area (Å²) in [6.45, 7) is 2.55. The van der Waals surface area contributed by atoms with Crippen LogP contribution in [0.3, 0.4) is 0 Å². The summed E-state index contributed by atoms with van der Waals surface area (Å²) in [7, 11) is 0. The van der Waals surface area contributed by atoms with Gasteiger partial charge in [0, 0.05) is 56.8 Å². The van der Waals surface area contributed by atoms with Gasteiger partial charge in [-0.2, -0.15) is 0 Å². The molecule has 1 fully saturated rings. The molecular weight excluding hydrogens is 388 g/mol. The van der Waals surface area contributed by atoms with Crippen LogP contribution in [0.5, 0.6) is 0 Å². The second-order valence-electron chi connectivity index (χ2n) is 5.99. The summed E-state index contributed by atoms with van der Waals surface area (Å²) in [5, 5.41) is 10.8. The van der Waals surface area contributed by atoms with E-state index in [-0.39, 0.29) is 17.5 Å². The molecule has 1 saturated heterocycles. The molecule has 1 aromatic carbocycles. The molecule has 2 heterocycles. The smallest absolute Gasteiger partial charge is 0.141 e. The van der Waals surface area contributed by atoms with Crippen molar-refractivity contribution in [3.05, 3.63) is 51.5 Å². The number of rotatable bonds is 3. The van der Waals surface area contributed by atoms with Gasteiger partial charge >= 0.3 is 0 Å². The maximum atomic E-state index is 13.4. The molecule has 1 N–H and O–H groups in total. The summed E-state index contributed by atoms with van der Waals surface area (Å²) in [6, 6.07) is 4.65. The lowest BCUT2D eigenvalue weighted by molar-refractivity contribution is 0.234. The summed E-state index contributed by atoms with van der Waals surface area (Å²) < 4.78 is 13.4. The Kier molecular flexibility index (Phi) is 5.89. The Labute approximate surface area is 160 Å². The molecule has 1 aliphatic heterocycles. The highest BCUT2D eigenvalue weighted by Crippen LogP contribution is 2.34. The van der Waals surface area contributed by atoms with Crippen LogP contribution >= 0.6 is 34.8 Å². The quantitative estimate of drug-likeness (QED) is 0.835. The monoisotopic (exact) mass is 403 g/mol. The zero-order valence-corrected chi connectivity index (χ0v) is 15.6. The van der Waals surface area contributed by atoms with Crippen LogP contribution in [0.4, 0.5) is 15.8 Å². The van der Waals surface area contributed by atoms with Crippen molar-refractivity contribution in [2.75, 3.05) is 42.6 Å². The van der Waals surface area contributed by atoms with Crippen molar-refractivity contribution in [2.45, 2.75) is 0 Å². The van der Waals surface area contributed by atoms with Gasteiger partial charge in [0.15, 0.2) is 0 Å². The van der Waals surface area contributed by atoms with Crippen molar-refractivity contribution < 1.29 is 9.50 Å². The number of nitrogens with zero attached hydrogens (tertiary/aromatic N) is 3. The number of aliphatic hydroxyl groups excluding tert-OH is 1. The second-order valence-corrected chi connectivity index (χ2v) is 7.21. The first-order valence-electron chi connectivity index (χ1n) is 7.84. The van der Waals surface area contributed by atoms with Crippen LogP contribution in [0.25, 0.3) is 0 Å². The van der Waals surface area contributed by atoms with E-state index < -0.39 is 5.82 Å². The molecule has 0 spiro atoms. The van der Waals surface area contributed by atoms with Crippen LogP contribution < -0.4 is 9.80 Å². The van der Waals surface area contributed by atoms with Gasteiger partial charge in [-0.25, -0.2) is 4.39 Å². The van der Waals surface area contributed by atoms with E-state index >= 15 is 0 Å². The van der Waals surface area contributed by atoms with Crippen LogP contribution in [0.1, 0.15) is 0 Å². The molecule has 1 aromatic heterocycles. The predicted molar refractivity (Wildman–Crippen MR) is 101 cm³/mol. The van der Waals surface area contributed by atoms with Gasteiger partial charge in [-0.05, 0) is 18.2 Å². The van der Waals surface area contributed by atoms with Crippen LogP contribution in [0.15, 0.2) is 30.6 Å². The predicted octanol–water partition coefficient (Wildman–Crippen LogP) is 4.12. The largest absolute Gasteiger partial charge is 0.396 e. The van der Waals surface area contributed by atoms with Gasteiger partial charge in [0.1, 0.15) is 5.82 Å². The van der Waals surface area contributed by atoms with Crippen LogP contribution in [-0.4, -0.2) is 42.9 Å². The van der Waals surface area contributed by atoms with E-state index in [4.69, 9.17) is 34.8 Å². The van der Waals surface area contributed by atoms with Crippen LogP contribution in [0.2, 0.25) is 15.1 Å². The Morgan fingerprint density at radius 2 is 1.68 bits per heavy atom. The maximum Gasteiger partial charge on any atom is 0.141 e. The molecule has 0 bridgehead atoms. The summed E-state index contributed by atoms with van der Waals surface area (Å²) in [6.07, 6.45) is 3.11. The summed E-state index contributed by atoms with van der Waals surface area (Å²) >= 11 is 18.5. The lowest BCUT2D eigenvalue weighted by atomic mass is 10.1. The van der Waals surface area contributed by atoms with Gasteiger partial charge in [-0.3, -0.25) is 4.98 Å². The van der Waals surface area contributed by atoms with Gasteiger partial charge in [0.2, 0.25) is 0 Å². The van der Waals surface area contributed by atoms with Crippen molar-refractivity contribution in [3.8, 4) is 0 Å². The summed E-state index contributed by atoms with van der Waals surface area (Å²) in [5.41, 5.74) is 1.54. The Morgan fingerprint density at radius 3 is 2.32 bits per heavy atom. The van der Waals surface area contributed by atoms with Gasteiger partial charge in [-0.15, -0.1) is 0 Å². The standard InChI is InChI=1S/C17H17Cl3FN3O/c18-13-5-12(1-2-16(13)21)23-3-4-24(9-11(8-23)10-25)17-14(19)6-22-7-15(17)20/h1-2,5-7,11,25H,3-4,8-10H2. The summed E-state index contributed by atoms with van der Waals surface area (Å²) in [5.74, 6) is -0.470. The topological polar surface area (TPSA) is 39.6 Å². The molecule has 3 rings (SSSR count). The molecule has 1 unspecified atom stereocenters. The number of halogens is 4. The maximum absolute atomic E-state index is 13.4. The third-order valence-electron chi connectivity index (χ3n) is 4.27. The average molecular weight is 405 g/mol. The lowest BCUT2D eigenvalue weighted by Crippen LogP contribution is -2.32. The highest BCUT2D eigenvalue weighted by molar-refractivity contribution is 6.38. The zero-order valence-electron chi connectivity index (χ0n) is 13.3. The molecule has 1 aliphatic rings. The second kappa shape index (κ2) is 7.96. The number of hydrogen-bond donors (Lipinski definition) is 1. The van der Waals surface area contributed by atoms with Crippen LogP contribution in [-0.2, 0) is 0 Å². The highest BCUT2D eigenvalue weighted by atomic mass is 35.5. The molecule has 0 amide bonds. The van der Waals surface area contributed by atoms with Crippen molar-refractivity contribution in [1.29, 1.82) is 0 Å². The van der Waals surface area contributed by atoms with E-state index in [1.165, 1.54) is 6.07 Å². The van der Waals surface area contributed by atoms with Crippen molar-refractivity contribution in [3.63, 3.8) is 0 Å². The molecule has 0 radical (unpaired) electrons. The number of pyridine rings is 1. The first-order chi connectivity index (χ1) is 12.0. The van der Waals surface area contributed by atoms with E-state index in [9.17, 15) is 9.50 Å². The van der Waals surface area contributed by atoms with E-state index in [1.54, 1.807) is 24.5 Å². The van der Waals surface area contributed by atoms with Crippen molar-refractivity contribution >= 4 is 46.2 Å². The van der Waals surface area contributed by atoms with E-state index in [2.05, 4.69) is 14.8 Å².